The number of anilines is 1. The molecule has 0 radical (unpaired) electrons. The molecule has 0 atom stereocenters. The van der Waals surface area contributed by atoms with Crippen LogP contribution < -0.4 is 10.1 Å². The molecule has 1 aromatic heterocycles. The maximum Gasteiger partial charge on any atom is 0.422 e. The summed E-state index contributed by atoms with van der Waals surface area (Å²) in [7, 11) is 0. The van der Waals surface area contributed by atoms with Gasteiger partial charge in [-0.15, -0.1) is 0 Å². The lowest BCUT2D eigenvalue weighted by Crippen LogP contribution is -2.20. The molecule has 0 aliphatic carbocycles. The normalized spacial score (nSPS) is 11.2. The van der Waals surface area contributed by atoms with Crippen molar-refractivity contribution in [3.63, 3.8) is 0 Å². The molecule has 4 nitrogen and oxygen atoms in total. The number of nitrogens with one attached hydrogen (secondary N) is 1. The predicted molar refractivity (Wildman–Crippen MR) is 92.1 cm³/mol. The van der Waals surface area contributed by atoms with Crippen LogP contribution in [0.4, 0.5) is 18.9 Å². The van der Waals surface area contributed by atoms with Gasteiger partial charge in [0.2, 0.25) is 0 Å². The third kappa shape index (κ3) is 5.38. The molecule has 0 saturated heterocycles. The van der Waals surface area contributed by atoms with E-state index in [1.807, 2.05) is 12.3 Å². The van der Waals surface area contributed by atoms with Crippen molar-refractivity contribution in [3.05, 3.63) is 53.3 Å². The molecule has 0 saturated carbocycles. The maximum absolute atomic E-state index is 12.5. The lowest BCUT2D eigenvalue weighted by Gasteiger charge is -2.15. The first-order valence-electron chi connectivity index (χ1n) is 7.35. The van der Waals surface area contributed by atoms with Crippen LogP contribution in [0.15, 0.2) is 36.5 Å². The average Bonchev–Trinajstić information content (AvgIpc) is 2.55. The lowest BCUT2D eigenvalue weighted by atomic mass is 10.1. The molecule has 0 fully saturated rings. The van der Waals surface area contributed by atoms with E-state index in [0.717, 1.165) is 5.56 Å². The van der Waals surface area contributed by atoms with E-state index < -0.39 is 18.7 Å². The van der Waals surface area contributed by atoms with Crippen LogP contribution in [0.25, 0.3) is 0 Å². The van der Waals surface area contributed by atoms with Gasteiger partial charge in [-0.2, -0.15) is 24.9 Å². The topological polar surface area (TPSA) is 51.2 Å². The second kappa shape index (κ2) is 8.24. The van der Waals surface area contributed by atoms with Gasteiger partial charge >= 0.3 is 6.18 Å². The molecule has 0 spiro atoms. The zero-order valence-corrected chi connectivity index (χ0v) is 14.5. The molecule has 0 aliphatic rings. The van der Waals surface area contributed by atoms with E-state index in [2.05, 4.69) is 10.3 Å². The molecular weight excluding hydrogens is 353 g/mol. The quantitative estimate of drug-likeness (QED) is 0.816. The van der Waals surface area contributed by atoms with E-state index in [0.29, 0.717) is 17.0 Å². The summed E-state index contributed by atoms with van der Waals surface area (Å²) in [4.78, 5) is 16.6. The van der Waals surface area contributed by atoms with E-state index in [-0.39, 0.29) is 11.4 Å². The van der Waals surface area contributed by atoms with Crippen LogP contribution in [0.3, 0.4) is 0 Å². The summed E-state index contributed by atoms with van der Waals surface area (Å²) in [6.45, 7) is 0.200. The number of rotatable bonds is 6. The van der Waals surface area contributed by atoms with Gasteiger partial charge in [0.25, 0.3) is 5.91 Å². The summed E-state index contributed by atoms with van der Waals surface area (Å²) in [6, 6.07) is 8.12. The highest BCUT2D eigenvalue weighted by molar-refractivity contribution is 7.97. The zero-order valence-electron chi connectivity index (χ0n) is 13.7. The standard InChI is InChI=1S/C17H17F3N2O2S/c1-11-13(6-3-7-14(11)24-10-17(18,19)20)22-16(23)15-12(9-25-2)5-4-8-21-15/h3-8H,9-10H2,1-2H3,(H,22,23). The number of nitrogens with zero attached hydrogens (tertiary/aromatic N) is 1. The third-order valence-electron chi connectivity index (χ3n) is 3.33. The number of halogens is 3. The van der Waals surface area contributed by atoms with Crippen LogP contribution in [0.5, 0.6) is 5.75 Å². The summed E-state index contributed by atoms with van der Waals surface area (Å²) in [5.41, 5.74) is 1.88. The predicted octanol–water partition coefficient (Wildman–Crippen LogP) is 4.45. The van der Waals surface area contributed by atoms with Crippen molar-refractivity contribution >= 4 is 23.4 Å². The molecule has 2 rings (SSSR count). The van der Waals surface area contributed by atoms with Crippen molar-refractivity contribution in [2.45, 2.75) is 18.9 Å². The van der Waals surface area contributed by atoms with Gasteiger partial charge in [0.05, 0.1) is 0 Å². The first-order valence-corrected chi connectivity index (χ1v) is 8.74. The van der Waals surface area contributed by atoms with E-state index in [1.54, 1.807) is 30.8 Å². The second-order valence-electron chi connectivity index (χ2n) is 5.23. The van der Waals surface area contributed by atoms with E-state index in [1.165, 1.54) is 18.3 Å². The highest BCUT2D eigenvalue weighted by atomic mass is 32.2. The van der Waals surface area contributed by atoms with Crippen LogP contribution in [0.1, 0.15) is 21.6 Å². The Morgan fingerprint density at radius 3 is 2.72 bits per heavy atom. The summed E-state index contributed by atoms with van der Waals surface area (Å²) in [6.07, 6.45) is -0.985. The summed E-state index contributed by atoms with van der Waals surface area (Å²) in [5, 5.41) is 2.69. The number of thioether (sulfide) groups is 1. The number of ether oxygens (including phenoxy) is 1. The van der Waals surface area contributed by atoms with Crippen molar-refractivity contribution < 1.29 is 22.7 Å². The van der Waals surface area contributed by atoms with Crippen LogP contribution in [-0.2, 0) is 5.75 Å². The fourth-order valence-corrected chi connectivity index (χ4v) is 2.71. The summed E-state index contributed by atoms with van der Waals surface area (Å²) < 4.78 is 41.7. The number of pyridine rings is 1. The number of alkyl halides is 3. The number of amides is 1. The van der Waals surface area contributed by atoms with Crippen molar-refractivity contribution in [2.75, 3.05) is 18.2 Å². The van der Waals surface area contributed by atoms with Crippen LogP contribution in [0.2, 0.25) is 0 Å². The second-order valence-corrected chi connectivity index (χ2v) is 6.10. The Morgan fingerprint density at radius 2 is 2.04 bits per heavy atom. The number of aromatic nitrogens is 1. The molecular formula is C17H17F3N2O2S. The average molecular weight is 370 g/mol. The van der Waals surface area contributed by atoms with Gasteiger partial charge in [-0.1, -0.05) is 12.1 Å². The van der Waals surface area contributed by atoms with Crippen LogP contribution in [-0.4, -0.2) is 29.9 Å². The van der Waals surface area contributed by atoms with E-state index >= 15 is 0 Å². The van der Waals surface area contributed by atoms with Gasteiger partial charge in [0.1, 0.15) is 11.4 Å². The van der Waals surface area contributed by atoms with Gasteiger partial charge in [-0.3, -0.25) is 9.78 Å². The molecule has 1 heterocycles. The summed E-state index contributed by atoms with van der Waals surface area (Å²) >= 11 is 1.56. The molecule has 25 heavy (non-hydrogen) atoms. The van der Waals surface area contributed by atoms with Crippen LogP contribution in [0, 0.1) is 6.92 Å². The SMILES string of the molecule is CSCc1cccnc1C(=O)Nc1cccc(OCC(F)(F)F)c1C. The van der Waals surface area contributed by atoms with Crippen molar-refractivity contribution in [3.8, 4) is 5.75 Å². The lowest BCUT2D eigenvalue weighted by molar-refractivity contribution is -0.153. The molecule has 2 aromatic rings. The van der Waals surface area contributed by atoms with Crippen molar-refractivity contribution in [1.29, 1.82) is 0 Å². The molecule has 134 valence electrons. The molecule has 0 unspecified atom stereocenters. The molecule has 8 heteroatoms. The molecule has 1 amide bonds. The monoisotopic (exact) mass is 370 g/mol. The largest absolute Gasteiger partial charge is 0.484 e. The van der Waals surface area contributed by atoms with Crippen molar-refractivity contribution in [1.82, 2.24) is 4.98 Å². The van der Waals surface area contributed by atoms with Gasteiger partial charge in [-0.25, -0.2) is 0 Å². The van der Waals surface area contributed by atoms with E-state index in [9.17, 15) is 18.0 Å². The number of benzene rings is 1. The maximum atomic E-state index is 12.5. The Morgan fingerprint density at radius 1 is 1.28 bits per heavy atom. The van der Waals surface area contributed by atoms with Gasteiger partial charge < -0.3 is 10.1 Å². The fourth-order valence-electron chi connectivity index (χ4n) is 2.16. The highest BCUT2D eigenvalue weighted by Gasteiger charge is 2.28. The minimum absolute atomic E-state index is 0.0699. The number of carbonyl (C=O) groups excluding carboxylic acids is 1. The fraction of sp³-hybridized carbons (Fsp3) is 0.294. The Hall–Kier alpha value is -2.22. The van der Waals surface area contributed by atoms with Gasteiger partial charge in [0.15, 0.2) is 6.61 Å². The molecule has 0 bridgehead atoms. The minimum Gasteiger partial charge on any atom is -0.484 e. The summed E-state index contributed by atoms with van der Waals surface area (Å²) in [5.74, 6) is 0.283. The molecule has 0 aliphatic heterocycles. The third-order valence-corrected chi connectivity index (χ3v) is 3.93. The highest BCUT2D eigenvalue weighted by Crippen LogP contribution is 2.28. The minimum atomic E-state index is -4.42. The van der Waals surface area contributed by atoms with E-state index in [4.69, 9.17) is 4.74 Å². The van der Waals surface area contributed by atoms with Crippen LogP contribution >= 0.6 is 11.8 Å². The zero-order chi connectivity index (χ0) is 18.4. The first-order chi connectivity index (χ1) is 11.8. The Bertz CT molecular complexity index is 751. The number of carbonyl (C=O) groups is 1. The Labute approximate surface area is 147 Å². The smallest absolute Gasteiger partial charge is 0.422 e. The number of hydrogen-bond acceptors (Lipinski definition) is 4. The van der Waals surface area contributed by atoms with Gasteiger partial charge in [0, 0.05) is 23.2 Å². The molecule has 1 aromatic carbocycles. The Kier molecular flexibility index (Phi) is 6.30. The first kappa shape index (κ1) is 19.1. The van der Waals surface area contributed by atoms with Crippen molar-refractivity contribution in [2.24, 2.45) is 0 Å². The Balaban J connectivity index is 2.19. The number of hydrogen-bond donors (Lipinski definition) is 1. The molecule has 1 N–H and O–H groups in total. The van der Waals surface area contributed by atoms with Gasteiger partial charge in [-0.05, 0) is 36.9 Å².